The molecule has 3 aromatic rings. The number of hydrogen-bond donors (Lipinski definition) is 0. The maximum Gasteiger partial charge on any atom is 0.214 e. The fraction of sp³-hybridized carbons (Fsp3) is 0.0714. The van der Waals surface area contributed by atoms with Crippen LogP contribution >= 0.6 is 0 Å². The Morgan fingerprint density at radius 2 is 1.62 bits per heavy atom. The molecule has 2 heterocycles. The third kappa shape index (κ3) is 3.84. The fourth-order valence-corrected chi connectivity index (χ4v) is 2.16. The van der Waals surface area contributed by atoms with Crippen molar-refractivity contribution in [3.05, 3.63) is 60.2 Å². The maximum absolute atomic E-state index is 13.7. The van der Waals surface area contributed by atoms with E-state index in [0.29, 0.717) is 5.39 Å². The molecule has 0 radical (unpaired) electrons. The largest absolute Gasteiger partial charge is 0.222 e. The van der Waals surface area contributed by atoms with Gasteiger partial charge in [0.1, 0.15) is 5.82 Å². The highest BCUT2D eigenvalue weighted by Gasteiger charge is 2.12. The third-order valence-electron chi connectivity index (χ3n) is 3.00. The number of aromatic nitrogens is 1. The molecule has 0 aliphatic carbocycles. The first-order valence-corrected chi connectivity index (χ1v) is 7.10. The molecule has 0 saturated carbocycles. The van der Waals surface area contributed by atoms with Gasteiger partial charge in [-0.1, -0.05) is 12.1 Å². The molecule has 0 amide bonds. The molecule has 21 heavy (non-hydrogen) atoms. The van der Waals surface area contributed by atoms with Crippen LogP contribution in [0, 0.1) is 23.0 Å². The molecule has 0 aliphatic rings. The standard InChI is InChI=1S/C14H11FN.ClHO4/c1-10-11-5-4-6-13(15)12(11)9-16-8-3-2-7-14(10)16;2-1(3,4)5/h2-9H,1H3;(H,2,3,4,5)/q+1;/p-1. The zero-order valence-electron chi connectivity index (χ0n) is 11.0. The molecule has 0 spiro atoms. The molecule has 0 aliphatic heterocycles. The van der Waals surface area contributed by atoms with Gasteiger partial charge in [-0.05, 0) is 19.1 Å². The summed E-state index contributed by atoms with van der Waals surface area (Å²) in [4.78, 5) is 0. The Morgan fingerprint density at radius 3 is 2.29 bits per heavy atom. The Bertz CT molecular complexity index is 783. The van der Waals surface area contributed by atoms with E-state index in [1.54, 1.807) is 6.07 Å². The summed E-state index contributed by atoms with van der Waals surface area (Å²) in [6.45, 7) is 2.02. The molecule has 3 rings (SSSR count). The summed E-state index contributed by atoms with van der Waals surface area (Å²) in [6.07, 6.45) is 3.78. The van der Waals surface area contributed by atoms with Crippen molar-refractivity contribution in [2.75, 3.05) is 0 Å². The van der Waals surface area contributed by atoms with Crippen LogP contribution in [-0.4, -0.2) is 0 Å². The minimum atomic E-state index is -4.94. The number of halogens is 2. The van der Waals surface area contributed by atoms with E-state index in [4.69, 9.17) is 18.6 Å². The lowest BCUT2D eigenvalue weighted by Crippen LogP contribution is -2.68. The van der Waals surface area contributed by atoms with Gasteiger partial charge in [-0.15, -0.1) is 10.2 Å². The van der Waals surface area contributed by atoms with Gasteiger partial charge in [0.2, 0.25) is 5.52 Å². The van der Waals surface area contributed by atoms with Gasteiger partial charge in [0.05, 0.1) is 5.39 Å². The summed E-state index contributed by atoms with van der Waals surface area (Å²) < 4.78 is 49.6. The van der Waals surface area contributed by atoms with Gasteiger partial charge >= 0.3 is 0 Å². The topological polar surface area (TPSA) is 96.3 Å². The van der Waals surface area contributed by atoms with Crippen molar-refractivity contribution in [1.29, 1.82) is 0 Å². The average molecular weight is 312 g/mol. The predicted molar refractivity (Wildman–Crippen MR) is 61.8 cm³/mol. The smallest absolute Gasteiger partial charge is 0.214 e. The van der Waals surface area contributed by atoms with E-state index in [1.807, 2.05) is 48.0 Å². The molecule has 5 nitrogen and oxygen atoms in total. The summed E-state index contributed by atoms with van der Waals surface area (Å²) in [5, 5.41) is 1.65. The lowest BCUT2D eigenvalue weighted by atomic mass is 10.1. The van der Waals surface area contributed by atoms with Crippen LogP contribution in [-0.2, 0) is 0 Å². The molecule has 7 heteroatoms. The molecule has 110 valence electrons. The van der Waals surface area contributed by atoms with Gasteiger partial charge in [0, 0.05) is 23.1 Å². The molecule has 1 aromatic carbocycles. The van der Waals surface area contributed by atoms with Crippen molar-refractivity contribution in [3.63, 3.8) is 0 Å². The monoisotopic (exact) mass is 311 g/mol. The van der Waals surface area contributed by atoms with Crippen LogP contribution in [0.15, 0.2) is 48.8 Å². The van der Waals surface area contributed by atoms with Crippen LogP contribution in [0.3, 0.4) is 0 Å². The van der Waals surface area contributed by atoms with E-state index in [2.05, 4.69) is 0 Å². The van der Waals surface area contributed by atoms with Crippen molar-refractivity contribution < 1.29 is 37.7 Å². The molecule has 0 saturated heterocycles. The Hall–Kier alpha value is -1.83. The van der Waals surface area contributed by atoms with Crippen molar-refractivity contribution >= 4 is 16.3 Å². The van der Waals surface area contributed by atoms with E-state index in [9.17, 15) is 4.39 Å². The first-order valence-electron chi connectivity index (χ1n) is 5.87. The Morgan fingerprint density at radius 1 is 0.952 bits per heavy atom. The zero-order valence-corrected chi connectivity index (χ0v) is 11.7. The highest BCUT2D eigenvalue weighted by molar-refractivity contribution is 5.88. The lowest BCUT2D eigenvalue weighted by molar-refractivity contribution is -2.00. The van der Waals surface area contributed by atoms with Gasteiger partial charge in [-0.25, -0.2) is 23.0 Å². The average Bonchev–Trinajstić information content (AvgIpc) is 2.39. The molecule has 0 atom stereocenters. The van der Waals surface area contributed by atoms with Gasteiger partial charge in [0.25, 0.3) is 0 Å². The molecule has 0 fully saturated rings. The third-order valence-corrected chi connectivity index (χ3v) is 3.00. The quantitative estimate of drug-likeness (QED) is 0.364. The van der Waals surface area contributed by atoms with Crippen LogP contribution in [0.5, 0.6) is 0 Å². The number of rotatable bonds is 0. The zero-order chi connectivity index (χ0) is 15.6. The van der Waals surface area contributed by atoms with Crippen LogP contribution in [0.4, 0.5) is 4.39 Å². The number of fused-ring (bicyclic) bond motifs is 2. The molecular formula is C14H11ClFNO4. The second-order valence-electron chi connectivity index (χ2n) is 4.33. The van der Waals surface area contributed by atoms with Gasteiger partial charge in [-0.2, -0.15) is 4.40 Å². The Labute approximate surface area is 121 Å². The maximum atomic E-state index is 13.7. The SMILES string of the molecule is Cc1c2cccc(F)c2c[n+]2ccccc12.[O-][Cl+3]([O-])([O-])[O-]. The van der Waals surface area contributed by atoms with Crippen LogP contribution in [0.1, 0.15) is 5.56 Å². The molecular weight excluding hydrogens is 301 g/mol. The number of pyridine rings is 2. The highest BCUT2D eigenvalue weighted by atomic mass is 35.7. The highest BCUT2D eigenvalue weighted by Crippen LogP contribution is 2.21. The number of benzene rings is 1. The van der Waals surface area contributed by atoms with Gasteiger partial charge in [-0.3, -0.25) is 0 Å². The fourth-order valence-electron chi connectivity index (χ4n) is 2.16. The van der Waals surface area contributed by atoms with Crippen LogP contribution in [0.25, 0.3) is 16.3 Å². The minimum Gasteiger partial charge on any atom is -0.222 e. The van der Waals surface area contributed by atoms with E-state index >= 15 is 0 Å². The summed E-state index contributed by atoms with van der Waals surface area (Å²) in [5.41, 5.74) is 2.22. The first kappa shape index (κ1) is 15.6. The van der Waals surface area contributed by atoms with E-state index in [-0.39, 0.29) is 5.82 Å². The molecule has 0 bridgehead atoms. The first-order chi connectivity index (χ1) is 9.77. The summed E-state index contributed by atoms with van der Waals surface area (Å²) >= 11 is 0. The second-order valence-corrected chi connectivity index (χ2v) is 5.08. The second kappa shape index (κ2) is 5.88. The molecule has 0 N–H and O–H groups in total. The Kier molecular flexibility index (Phi) is 4.36. The van der Waals surface area contributed by atoms with Gasteiger partial charge in [0.15, 0.2) is 12.4 Å². The predicted octanol–water partition coefficient (Wildman–Crippen LogP) is -1.73. The normalized spacial score (nSPS) is 11.3. The van der Waals surface area contributed by atoms with Crippen LogP contribution in [0.2, 0.25) is 0 Å². The van der Waals surface area contributed by atoms with E-state index in [1.165, 1.54) is 6.07 Å². The van der Waals surface area contributed by atoms with E-state index < -0.39 is 10.2 Å². The van der Waals surface area contributed by atoms with Gasteiger partial charge < -0.3 is 0 Å². The molecule has 0 unspecified atom stereocenters. The van der Waals surface area contributed by atoms with Crippen molar-refractivity contribution in [3.8, 4) is 0 Å². The number of nitrogens with zero attached hydrogens (tertiary/aromatic N) is 1. The van der Waals surface area contributed by atoms with Crippen molar-refractivity contribution in [1.82, 2.24) is 0 Å². The van der Waals surface area contributed by atoms with E-state index in [0.717, 1.165) is 16.5 Å². The number of aryl methyl sites for hydroxylation is 1. The van der Waals surface area contributed by atoms with Crippen molar-refractivity contribution in [2.45, 2.75) is 6.92 Å². The number of hydrogen-bond acceptors (Lipinski definition) is 4. The summed E-state index contributed by atoms with van der Waals surface area (Å²) in [7, 11) is -4.94. The molecule has 2 aromatic heterocycles. The van der Waals surface area contributed by atoms with Crippen LogP contribution < -0.4 is 23.0 Å². The lowest BCUT2D eigenvalue weighted by Gasteiger charge is -2.17. The van der Waals surface area contributed by atoms with Crippen molar-refractivity contribution in [2.24, 2.45) is 0 Å². The Balaban J connectivity index is 0.000000282. The minimum absolute atomic E-state index is 0.168. The summed E-state index contributed by atoms with van der Waals surface area (Å²) in [6, 6.07) is 11.2. The summed E-state index contributed by atoms with van der Waals surface area (Å²) in [5.74, 6) is -0.168.